The molecule has 23 heavy (non-hydrogen) atoms. The monoisotopic (exact) mass is 343 g/mol. The molecule has 0 bridgehead atoms. The van der Waals surface area contributed by atoms with Gasteiger partial charge in [-0.1, -0.05) is 20.8 Å². The Hall–Kier alpha value is -0.883. The van der Waals surface area contributed by atoms with Crippen LogP contribution in [0.3, 0.4) is 0 Å². The van der Waals surface area contributed by atoms with Crippen molar-refractivity contribution < 1.29 is 18.8 Å². The number of rotatable bonds is 3. The average Bonchev–Trinajstić information content (AvgIpc) is 2.33. The molecule has 134 valence electrons. The van der Waals surface area contributed by atoms with Crippen LogP contribution in [-0.4, -0.2) is 50.6 Å². The van der Waals surface area contributed by atoms with Crippen LogP contribution in [0.15, 0.2) is 0 Å². The molecular weight excluding hydrogens is 310 g/mol. The van der Waals surface area contributed by atoms with Gasteiger partial charge in [0.1, 0.15) is 11.4 Å². The van der Waals surface area contributed by atoms with Crippen LogP contribution < -0.4 is 0 Å². The molecule has 1 aliphatic rings. The number of piperidine rings is 1. The average molecular weight is 344 g/mol. The predicted molar refractivity (Wildman–Crippen MR) is 94.1 cm³/mol. The van der Waals surface area contributed by atoms with E-state index in [1.165, 1.54) is 0 Å². The van der Waals surface area contributed by atoms with Gasteiger partial charge in [-0.3, -0.25) is 4.79 Å². The minimum atomic E-state index is -1.29. The number of ketones is 1. The minimum Gasteiger partial charge on any atom is -0.444 e. The van der Waals surface area contributed by atoms with Gasteiger partial charge < -0.3 is 14.1 Å². The zero-order chi connectivity index (χ0) is 18.0. The topological polar surface area (TPSA) is 55.8 Å². The van der Waals surface area contributed by atoms with Crippen LogP contribution in [0.5, 0.6) is 0 Å². The van der Waals surface area contributed by atoms with Crippen molar-refractivity contribution in [1.29, 1.82) is 0 Å². The van der Waals surface area contributed by atoms with Crippen molar-refractivity contribution >= 4 is 20.9 Å². The van der Waals surface area contributed by atoms with E-state index < -0.39 is 14.6 Å². The molecule has 0 spiro atoms. The molecule has 0 saturated carbocycles. The molecule has 1 aliphatic heterocycles. The molecule has 0 aromatic carbocycles. The van der Waals surface area contributed by atoms with Crippen LogP contribution in [-0.2, 0) is 14.0 Å². The lowest BCUT2D eigenvalue weighted by Gasteiger charge is -2.42. The van der Waals surface area contributed by atoms with E-state index in [9.17, 15) is 9.59 Å². The Balaban J connectivity index is 2.91. The fraction of sp³-hybridized carbons (Fsp3) is 0.882. The summed E-state index contributed by atoms with van der Waals surface area (Å²) in [5.41, 5.74) is -0.673. The maximum Gasteiger partial charge on any atom is 0.410 e. The molecule has 1 fully saturated rings. The Morgan fingerprint density at radius 1 is 1.22 bits per heavy atom. The van der Waals surface area contributed by atoms with E-state index >= 15 is 0 Å². The van der Waals surface area contributed by atoms with E-state index in [4.69, 9.17) is 9.16 Å². The Kier molecular flexibility index (Phi) is 6.44. The summed E-state index contributed by atoms with van der Waals surface area (Å²) in [7, 11) is -1.29. The highest BCUT2D eigenvalue weighted by molar-refractivity contribution is 6.48. The minimum absolute atomic E-state index is 0.144. The summed E-state index contributed by atoms with van der Waals surface area (Å²) in [4.78, 5) is 26.4. The first-order valence-corrected chi connectivity index (χ1v) is 11.3. The van der Waals surface area contributed by atoms with Gasteiger partial charge in [0.05, 0.1) is 12.0 Å². The largest absolute Gasteiger partial charge is 0.444 e. The van der Waals surface area contributed by atoms with Crippen molar-refractivity contribution in [2.24, 2.45) is 11.3 Å². The molecule has 6 heteroatoms. The molecule has 0 N–H and O–H groups in total. The van der Waals surface area contributed by atoms with Gasteiger partial charge in [0.2, 0.25) is 0 Å². The summed E-state index contributed by atoms with van der Waals surface area (Å²) in [5.74, 6) is -0.0782. The number of carbonyl (C=O) groups is 2. The molecule has 0 aliphatic carbocycles. The number of Topliss-reactive ketones (excluding diaryl/α,β-unsaturated/α-hetero) is 1. The lowest BCUT2D eigenvalue weighted by atomic mass is 9.77. The van der Waals surface area contributed by atoms with Crippen molar-refractivity contribution in [2.75, 3.05) is 13.1 Å². The van der Waals surface area contributed by atoms with Gasteiger partial charge in [-0.25, -0.2) is 4.79 Å². The molecule has 0 aromatic heterocycles. The van der Waals surface area contributed by atoms with Crippen molar-refractivity contribution in [1.82, 2.24) is 4.90 Å². The van der Waals surface area contributed by atoms with E-state index in [0.29, 0.717) is 19.5 Å². The van der Waals surface area contributed by atoms with E-state index in [-0.39, 0.29) is 29.3 Å². The summed E-state index contributed by atoms with van der Waals surface area (Å²) in [6, 6.07) is 0. The lowest BCUT2D eigenvalue weighted by Crippen LogP contribution is -2.53. The van der Waals surface area contributed by atoms with E-state index in [1.54, 1.807) is 4.90 Å². The van der Waals surface area contributed by atoms with Gasteiger partial charge in [-0.15, -0.1) is 0 Å². The van der Waals surface area contributed by atoms with Gasteiger partial charge in [0.25, 0.3) is 0 Å². The summed E-state index contributed by atoms with van der Waals surface area (Å²) < 4.78 is 11.6. The Morgan fingerprint density at radius 2 is 1.78 bits per heavy atom. The number of ether oxygens (including phenoxy) is 1. The highest BCUT2D eigenvalue weighted by Crippen LogP contribution is 2.32. The predicted octanol–water partition coefficient (Wildman–Crippen LogP) is 3.23. The number of likely N-dealkylation sites (tertiary alicyclic amines) is 1. The third-order valence-electron chi connectivity index (χ3n) is 3.75. The smallest absolute Gasteiger partial charge is 0.410 e. The molecular formula is C17H33NO4Si. The van der Waals surface area contributed by atoms with E-state index in [0.717, 1.165) is 0 Å². The highest BCUT2D eigenvalue weighted by Gasteiger charge is 2.42. The number of amides is 1. The van der Waals surface area contributed by atoms with Crippen LogP contribution in [0.4, 0.5) is 4.79 Å². The van der Waals surface area contributed by atoms with E-state index in [1.807, 2.05) is 20.8 Å². The van der Waals surface area contributed by atoms with Crippen LogP contribution in [0.25, 0.3) is 0 Å². The standard InChI is InChI=1S/C17H33NO4Si/c1-16(2,3)14(22-23(7)8)12-11-18(10-9-13(12)19)15(20)21-17(4,5)6/h12,14,23H,9-11H2,1-8H3/t12-,14-/m0/s1. The van der Waals surface area contributed by atoms with Crippen molar-refractivity contribution in [3.63, 3.8) is 0 Å². The second kappa shape index (κ2) is 7.34. The number of carbonyl (C=O) groups excluding carboxylic acids is 2. The molecule has 0 unspecified atom stereocenters. The SMILES string of the molecule is C[SiH](C)O[C@@H]([C@H]1CN(C(=O)OC(C)(C)C)CCC1=O)C(C)(C)C. The van der Waals surface area contributed by atoms with Crippen LogP contribution in [0.1, 0.15) is 48.0 Å². The van der Waals surface area contributed by atoms with Gasteiger partial charge in [-0.05, 0) is 39.3 Å². The number of hydrogen-bond donors (Lipinski definition) is 0. The fourth-order valence-corrected chi connectivity index (χ4v) is 4.00. The Morgan fingerprint density at radius 3 is 2.22 bits per heavy atom. The molecule has 1 amide bonds. The maximum absolute atomic E-state index is 12.5. The number of hydrogen-bond acceptors (Lipinski definition) is 4. The molecule has 1 saturated heterocycles. The van der Waals surface area contributed by atoms with E-state index in [2.05, 4.69) is 33.9 Å². The highest BCUT2D eigenvalue weighted by atomic mass is 28.3. The number of nitrogens with zero attached hydrogens (tertiary/aromatic N) is 1. The molecule has 2 atom stereocenters. The fourth-order valence-electron chi connectivity index (χ4n) is 2.81. The molecule has 1 rings (SSSR count). The van der Waals surface area contributed by atoms with Crippen LogP contribution >= 0.6 is 0 Å². The maximum atomic E-state index is 12.5. The summed E-state index contributed by atoms with van der Waals surface area (Å²) in [6.45, 7) is 16.9. The lowest BCUT2D eigenvalue weighted by molar-refractivity contribution is -0.132. The second-order valence-corrected chi connectivity index (χ2v) is 11.1. The quantitative estimate of drug-likeness (QED) is 0.738. The van der Waals surface area contributed by atoms with Gasteiger partial charge in [0, 0.05) is 19.5 Å². The second-order valence-electron chi connectivity index (χ2n) is 8.72. The summed E-state index contributed by atoms with van der Waals surface area (Å²) in [6.07, 6.45) is -0.129. The van der Waals surface area contributed by atoms with Crippen LogP contribution in [0.2, 0.25) is 13.1 Å². The normalized spacial score (nSPS) is 21.5. The third-order valence-corrected chi connectivity index (χ3v) is 4.59. The molecule has 0 aromatic rings. The van der Waals surface area contributed by atoms with Gasteiger partial charge >= 0.3 is 6.09 Å². The zero-order valence-electron chi connectivity index (χ0n) is 15.9. The first kappa shape index (κ1) is 20.2. The van der Waals surface area contributed by atoms with Crippen molar-refractivity contribution in [3.8, 4) is 0 Å². The Labute approximate surface area is 142 Å². The summed E-state index contributed by atoms with van der Waals surface area (Å²) >= 11 is 0. The molecule has 5 nitrogen and oxygen atoms in total. The van der Waals surface area contributed by atoms with Crippen molar-refractivity contribution in [3.05, 3.63) is 0 Å². The first-order valence-electron chi connectivity index (χ1n) is 8.47. The van der Waals surface area contributed by atoms with Gasteiger partial charge in [-0.2, -0.15) is 0 Å². The first-order chi connectivity index (χ1) is 10.3. The molecule has 0 radical (unpaired) electrons. The van der Waals surface area contributed by atoms with Gasteiger partial charge in [0.15, 0.2) is 9.04 Å². The Bertz CT molecular complexity index is 437. The summed E-state index contributed by atoms with van der Waals surface area (Å²) in [5, 5.41) is 0. The molecule has 1 heterocycles. The van der Waals surface area contributed by atoms with Crippen molar-refractivity contribution in [2.45, 2.75) is 72.8 Å². The third kappa shape index (κ3) is 6.26. The zero-order valence-corrected chi connectivity index (χ0v) is 17.1. The van der Waals surface area contributed by atoms with Crippen LogP contribution in [0, 0.1) is 11.3 Å².